The lowest BCUT2D eigenvalue weighted by Crippen LogP contribution is -2.38. The van der Waals surface area contributed by atoms with Gasteiger partial charge in [-0.2, -0.15) is 0 Å². The molecule has 0 saturated heterocycles. The van der Waals surface area contributed by atoms with Crippen molar-refractivity contribution in [1.82, 2.24) is 5.32 Å². The highest BCUT2D eigenvalue weighted by molar-refractivity contribution is 8.01. The van der Waals surface area contributed by atoms with E-state index in [2.05, 4.69) is 26.1 Å². The SMILES string of the molecule is CC[C@@H](CO)NC(=O)CSC(C)(C)C. The molecule has 1 amide bonds. The van der Waals surface area contributed by atoms with E-state index in [-0.39, 0.29) is 23.3 Å². The molecule has 0 unspecified atom stereocenters. The average Bonchev–Trinajstić information content (AvgIpc) is 2.09. The molecule has 0 radical (unpaired) electrons. The van der Waals surface area contributed by atoms with Crippen molar-refractivity contribution in [1.29, 1.82) is 0 Å². The summed E-state index contributed by atoms with van der Waals surface area (Å²) in [7, 11) is 0. The predicted octanol–water partition coefficient (Wildman–Crippen LogP) is 1.41. The van der Waals surface area contributed by atoms with Gasteiger partial charge < -0.3 is 10.4 Å². The molecule has 0 aliphatic carbocycles. The standard InChI is InChI=1S/C10H21NO2S/c1-5-8(6-12)11-9(13)7-14-10(2,3)4/h8,12H,5-7H2,1-4H3,(H,11,13)/t8-/m0/s1. The van der Waals surface area contributed by atoms with E-state index in [0.717, 1.165) is 6.42 Å². The summed E-state index contributed by atoms with van der Waals surface area (Å²) in [5.41, 5.74) is 0. The van der Waals surface area contributed by atoms with Crippen LogP contribution in [0.3, 0.4) is 0 Å². The topological polar surface area (TPSA) is 49.3 Å². The first-order valence-electron chi connectivity index (χ1n) is 4.93. The fourth-order valence-corrected chi connectivity index (χ4v) is 1.48. The van der Waals surface area contributed by atoms with E-state index in [4.69, 9.17) is 5.11 Å². The molecule has 0 aliphatic rings. The molecule has 3 nitrogen and oxygen atoms in total. The fraction of sp³-hybridized carbons (Fsp3) is 0.900. The summed E-state index contributed by atoms with van der Waals surface area (Å²) in [6.07, 6.45) is 0.766. The number of aliphatic hydroxyl groups is 1. The third kappa shape index (κ3) is 7.21. The Morgan fingerprint density at radius 1 is 1.50 bits per heavy atom. The highest BCUT2D eigenvalue weighted by Crippen LogP contribution is 2.22. The lowest BCUT2D eigenvalue weighted by molar-refractivity contribution is -0.119. The zero-order valence-corrected chi connectivity index (χ0v) is 10.3. The van der Waals surface area contributed by atoms with Gasteiger partial charge in [0.05, 0.1) is 18.4 Å². The van der Waals surface area contributed by atoms with Gasteiger partial charge >= 0.3 is 0 Å². The molecule has 0 aliphatic heterocycles. The summed E-state index contributed by atoms with van der Waals surface area (Å²) in [6.45, 7) is 8.19. The Morgan fingerprint density at radius 3 is 2.43 bits per heavy atom. The molecule has 0 saturated carbocycles. The molecule has 0 heterocycles. The minimum Gasteiger partial charge on any atom is -0.394 e. The van der Waals surface area contributed by atoms with Crippen LogP contribution in [0.2, 0.25) is 0 Å². The summed E-state index contributed by atoms with van der Waals surface area (Å²) in [4.78, 5) is 11.4. The van der Waals surface area contributed by atoms with Gasteiger partial charge in [0.2, 0.25) is 5.91 Å². The van der Waals surface area contributed by atoms with Gasteiger partial charge in [-0.3, -0.25) is 4.79 Å². The van der Waals surface area contributed by atoms with Crippen LogP contribution in [0.15, 0.2) is 0 Å². The van der Waals surface area contributed by atoms with Gasteiger partial charge in [0.25, 0.3) is 0 Å². The number of hydrogen-bond donors (Lipinski definition) is 2. The highest BCUT2D eigenvalue weighted by atomic mass is 32.2. The third-order valence-electron chi connectivity index (χ3n) is 1.71. The van der Waals surface area contributed by atoms with Crippen molar-refractivity contribution in [3.05, 3.63) is 0 Å². The van der Waals surface area contributed by atoms with Crippen molar-refractivity contribution in [3.63, 3.8) is 0 Å². The van der Waals surface area contributed by atoms with Crippen molar-refractivity contribution in [2.75, 3.05) is 12.4 Å². The zero-order chi connectivity index (χ0) is 11.2. The monoisotopic (exact) mass is 219 g/mol. The number of rotatable bonds is 5. The van der Waals surface area contributed by atoms with Crippen molar-refractivity contribution in [2.45, 2.75) is 44.9 Å². The van der Waals surface area contributed by atoms with Gasteiger partial charge in [-0.05, 0) is 6.42 Å². The Labute approximate surface area is 90.7 Å². The number of carbonyl (C=O) groups is 1. The maximum Gasteiger partial charge on any atom is 0.230 e. The third-order valence-corrected chi connectivity index (χ3v) is 2.99. The molecule has 0 aromatic rings. The van der Waals surface area contributed by atoms with Crippen LogP contribution in [0.4, 0.5) is 0 Å². The number of nitrogens with one attached hydrogen (secondary N) is 1. The summed E-state index contributed by atoms with van der Waals surface area (Å²) in [6, 6.07) is -0.0944. The first kappa shape index (κ1) is 13.8. The average molecular weight is 219 g/mol. The lowest BCUT2D eigenvalue weighted by atomic mass is 10.2. The molecule has 0 rings (SSSR count). The van der Waals surface area contributed by atoms with Crippen molar-refractivity contribution in [3.8, 4) is 0 Å². The Kier molecular flexibility index (Phi) is 6.20. The first-order chi connectivity index (χ1) is 6.39. The summed E-state index contributed by atoms with van der Waals surface area (Å²) < 4.78 is 0.109. The Morgan fingerprint density at radius 2 is 2.07 bits per heavy atom. The minimum absolute atomic E-state index is 0.00539. The number of amides is 1. The maximum atomic E-state index is 11.4. The second-order valence-corrected chi connectivity index (χ2v) is 6.06. The van der Waals surface area contributed by atoms with Crippen LogP contribution < -0.4 is 5.32 Å². The molecular formula is C10H21NO2S. The van der Waals surface area contributed by atoms with Crippen LogP contribution in [-0.2, 0) is 4.79 Å². The number of hydrogen-bond acceptors (Lipinski definition) is 3. The van der Waals surface area contributed by atoms with E-state index in [0.29, 0.717) is 5.75 Å². The second kappa shape index (κ2) is 6.30. The second-order valence-electron chi connectivity index (χ2n) is 4.26. The Hall–Kier alpha value is -0.220. The van der Waals surface area contributed by atoms with Crippen LogP contribution in [0.1, 0.15) is 34.1 Å². The van der Waals surface area contributed by atoms with E-state index in [1.807, 2.05) is 6.92 Å². The summed E-state index contributed by atoms with van der Waals surface area (Å²) in [5.74, 6) is 0.464. The van der Waals surface area contributed by atoms with Crippen LogP contribution in [0.25, 0.3) is 0 Å². The molecule has 0 aromatic heterocycles. The molecule has 0 fully saturated rings. The van der Waals surface area contributed by atoms with E-state index in [1.165, 1.54) is 0 Å². The molecule has 4 heteroatoms. The molecule has 14 heavy (non-hydrogen) atoms. The van der Waals surface area contributed by atoms with Crippen LogP contribution in [0.5, 0.6) is 0 Å². The number of aliphatic hydroxyl groups excluding tert-OH is 1. The van der Waals surface area contributed by atoms with Gasteiger partial charge in [-0.1, -0.05) is 27.7 Å². The van der Waals surface area contributed by atoms with E-state index in [1.54, 1.807) is 11.8 Å². The predicted molar refractivity (Wildman–Crippen MR) is 61.5 cm³/mol. The number of thioether (sulfide) groups is 1. The molecule has 84 valence electrons. The first-order valence-corrected chi connectivity index (χ1v) is 5.91. The maximum absolute atomic E-state index is 11.4. The van der Waals surface area contributed by atoms with Crippen molar-refractivity contribution < 1.29 is 9.90 Å². The zero-order valence-electron chi connectivity index (χ0n) is 9.46. The summed E-state index contributed by atoms with van der Waals surface area (Å²) in [5, 5.41) is 11.7. The van der Waals surface area contributed by atoms with Gasteiger partial charge in [0.1, 0.15) is 0 Å². The van der Waals surface area contributed by atoms with Crippen molar-refractivity contribution in [2.24, 2.45) is 0 Å². The highest BCUT2D eigenvalue weighted by Gasteiger charge is 2.14. The normalized spacial score (nSPS) is 13.8. The minimum atomic E-state index is -0.0944. The van der Waals surface area contributed by atoms with E-state index >= 15 is 0 Å². The molecular weight excluding hydrogens is 198 g/mol. The van der Waals surface area contributed by atoms with Crippen molar-refractivity contribution >= 4 is 17.7 Å². The Bertz CT molecular complexity index is 173. The van der Waals surface area contributed by atoms with Crippen LogP contribution in [-0.4, -0.2) is 34.2 Å². The van der Waals surface area contributed by atoms with Gasteiger partial charge in [-0.15, -0.1) is 11.8 Å². The molecule has 1 atom stereocenters. The van der Waals surface area contributed by atoms with Crippen LogP contribution in [0, 0.1) is 0 Å². The molecule has 2 N–H and O–H groups in total. The van der Waals surface area contributed by atoms with Crippen LogP contribution >= 0.6 is 11.8 Å². The van der Waals surface area contributed by atoms with Gasteiger partial charge in [0, 0.05) is 4.75 Å². The smallest absolute Gasteiger partial charge is 0.230 e. The van der Waals surface area contributed by atoms with E-state index in [9.17, 15) is 4.79 Å². The largest absolute Gasteiger partial charge is 0.394 e. The molecule has 0 aromatic carbocycles. The number of carbonyl (C=O) groups excluding carboxylic acids is 1. The van der Waals surface area contributed by atoms with Gasteiger partial charge in [-0.25, -0.2) is 0 Å². The quantitative estimate of drug-likeness (QED) is 0.735. The van der Waals surface area contributed by atoms with Gasteiger partial charge in [0.15, 0.2) is 0 Å². The molecule has 0 bridgehead atoms. The lowest BCUT2D eigenvalue weighted by Gasteiger charge is -2.19. The molecule has 0 spiro atoms. The fourth-order valence-electron chi connectivity index (χ4n) is 0.828. The Balaban J connectivity index is 3.75. The van der Waals surface area contributed by atoms with E-state index < -0.39 is 0 Å². The summed E-state index contributed by atoms with van der Waals surface area (Å²) >= 11 is 1.61.